The van der Waals surface area contributed by atoms with Crippen LogP contribution in [0.1, 0.15) is 124 Å². The number of hydrogen-bond donors (Lipinski definition) is 4. The van der Waals surface area contributed by atoms with Crippen molar-refractivity contribution in [3.63, 3.8) is 0 Å². The minimum Gasteiger partial charge on any atom is -0.444 e. The Labute approximate surface area is 268 Å². The molecule has 3 amide bonds. The fraction of sp³-hybridized carbons (Fsp3) is 0.853. The van der Waals surface area contributed by atoms with Crippen LogP contribution in [0.3, 0.4) is 0 Å². The highest BCUT2D eigenvalue weighted by Crippen LogP contribution is 2.11. The van der Waals surface area contributed by atoms with E-state index < -0.39 is 17.7 Å². The SMILES string of the molecule is CCCCCCCCC=CCCCCCCCC(=O)N[C@@H](CCNC(=O)OC(C)(C)C)C(=O)NCN1CCN(CNC)CC1. The van der Waals surface area contributed by atoms with E-state index in [9.17, 15) is 14.4 Å². The lowest BCUT2D eigenvalue weighted by Crippen LogP contribution is -2.54. The molecule has 0 aliphatic carbocycles. The molecule has 256 valence electrons. The smallest absolute Gasteiger partial charge is 0.407 e. The van der Waals surface area contributed by atoms with Crippen molar-refractivity contribution in [2.75, 3.05) is 53.1 Å². The van der Waals surface area contributed by atoms with E-state index in [2.05, 4.69) is 50.1 Å². The van der Waals surface area contributed by atoms with Gasteiger partial charge in [-0.3, -0.25) is 19.4 Å². The molecule has 44 heavy (non-hydrogen) atoms. The molecule has 1 aliphatic rings. The summed E-state index contributed by atoms with van der Waals surface area (Å²) in [4.78, 5) is 42.4. The van der Waals surface area contributed by atoms with Gasteiger partial charge in [-0.05, 0) is 66.3 Å². The Morgan fingerprint density at radius 2 is 1.32 bits per heavy atom. The van der Waals surface area contributed by atoms with Gasteiger partial charge in [0, 0.05) is 45.8 Å². The van der Waals surface area contributed by atoms with Gasteiger partial charge in [0.2, 0.25) is 11.8 Å². The molecule has 1 fully saturated rings. The van der Waals surface area contributed by atoms with Crippen LogP contribution in [0.5, 0.6) is 0 Å². The van der Waals surface area contributed by atoms with Gasteiger partial charge in [0.25, 0.3) is 0 Å². The predicted molar refractivity (Wildman–Crippen MR) is 180 cm³/mol. The first-order chi connectivity index (χ1) is 21.1. The third-order valence-electron chi connectivity index (χ3n) is 7.74. The fourth-order valence-corrected chi connectivity index (χ4v) is 5.17. The molecule has 10 nitrogen and oxygen atoms in total. The van der Waals surface area contributed by atoms with E-state index >= 15 is 0 Å². The third kappa shape index (κ3) is 22.4. The number of carbonyl (C=O) groups excluding carboxylic acids is 3. The zero-order chi connectivity index (χ0) is 32.5. The molecule has 10 heteroatoms. The Balaban J connectivity index is 2.33. The number of alkyl carbamates (subject to hydrolysis) is 1. The number of nitrogens with zero attached hydrogens (tertiary/aromatic N) is 2. The molecular weight excluding hydrogens is 556 g/mol. The summed E-state index contributed by atoms with van der Waals surface area (Å²) in [5.41, 5.74) is -0.601. The van der Waals surface area contributed by atoms with Gasteiger partial charge in [-0.15, -0.1) is 0 Å². The Morgan fingerprint density at radius 3 is 1.89 bits per heavy atom. The average Bonchev–Trinajstić information content (AvgIpc) is 2.97. The van der Waals surface area contributed by atoms with E-state index in [4.69, 9.17) is 4.74 Å². The molecule has 1 heterocycles. The summed E-state index contributed by atoms with van der Waals surface area (Å²) >= 11 is 0. The second-order valence-electron chi connectivity index (χ2n) is 13.1. The highest BCUT2D eigenvalue weighted by atomic mass is 16.6. The number of rotatable bonds is 24. The van der Waals surface area contributed by atoms with Gasteiger partial charge in [0.1, 0.15) is 11.6 Å². The number of hydrogen-bond acceptors (Lipinski definition) is 7. The zero-order valence-corrected chi connectivity index (χ0v) is 28.8. The van der Waals surface area contributed by atoms with Gasteiger partial charge in [-0.1, -0.05) is 70.4 Å². The van der Waals surface area contributed by atoms with Crippen molar-refractivity contribution in [2.24, 2.45) is 0 Å². The van der Waals surface area contributed by atoms with Gasteiger partial charge >= 0.3 is 6.09 Å². The van der Waals surface area contributed by atoms with Gasteiger partial charge in [0.05, 0.1) is 6.67 Å². The van der Waals surface area contributed by atoms with Crippen molar-refractivity contribution in [2.45, 2.75) is 136 Å². The molecule has 0 radical (unpaired) electrons. The maximum Gasteiger partial charge on any atom is 0.407 e. The summed E-state index contributed by atoms with van der Waals surface area (Å²) in [6.45, 7) is 12.8. The average molecular weight is 623 g/mol. The monoisotopic (exact) mass is 623 g/mol. The largest absolute Gasteiger partial charge is 0.444 e. The quantitative estimate of drug-likeness (QED) is 0.0854. The van der Waals surface area contributed by atoms with Crippen LogP contribution in [0.25, 0.3) is 0 Å². The number of carbonyl (C=O) groups is 3. The molecule has 1 saturated heterocycles. The Kier molecular flexibility index (Phi) is 22.7. The van der Waals surface area contributed by atoms with E-state index in [1.54, 1.807) is 20.8 Å². The summed E-state index contributed by atoms with van der Waals surface area (Å²) in [5.74, 6) is -0.354. The second kappa shape index (κ2) is 25.1. The third-order valence-corrected chi connectivity index (χ3v) is 7.74. The van der Waals surface area contributed by atoms with E-state index in [1.807, 2.05) is 7.05 Å². The molecule has 0 aromatic rings. The van der Waals surface area contributed by atoms with Crippen molar-refractivity contribution < 1.29 is 19.1 Å². The van der Waals surface area contributed by atoms with E-state index in [0.717, 1.165) is 58.5 Å². The van der Waals surface area contributed by atoms with Crippen LogP contribution in [0.4, 0.5) is 4.79 Å². The van der Waals surface area contributed by atoms with Crippen molar-refractivity contribution in [1.29, 1.82) is 0 Å². The van der Waals surface area contributed by atoms with Crippen LogP contribution in [0.2, 0.25) is 0 Å². The standard InChI is InChI=1S/C34H66N6O4/c1-6-7-8-9-10-11-12-13-14-15-16-17-18-19-20-21-31(41)38-30(22-23-36-33(43)44-34(2,3)4)32(42)37-29-40-26-24-39(25-27-40)28-35-5/h13-14,30,35H,6-12,15-29H2,1-5H3,(H,36,43)(H,37,42)(H,38,41)/t30-/m0/s1. The molecule has 1 aliphatic heterocycles. The molecule has 0 unspecified atom stereocenters. The number of unbranched alkanes of at least 4 members (excludes halogenated alkanes) is 11. The highest BCUT2D eigenvalue weighted by molar-refractivity contribution is 5.87. The van der Waals surface area contributed by atoms with Crippen molar-refractivity contribution in [3.05, 3.63) is 12.2 Å². The number of ether oxygens (including phenoxy) is 1. The first kappa shape index (κ1) is 39.9. The summed E-state index contributed by atoms with van der Waals surface area (Å²) in [5, 5.41) is 11.8. The normalized spacial score (nSPS) is 15.3. The van der Waals surface area contributed by atoms with Crippen molar-refractivity contribution in [3.8, 4) is 0 Å². The number of nitrogens with one attached hydrogen (secondary N) is 4. The van der Waals surface area contributed by atoms with Crippen LogP contribution >= 0.6 is 0 Å². The van der Waals surface area contributed by atoms with Gasteiger partial charge in [-0.25, -0.2) is 4.79 Å². The van der Waals surface area contributed by atoms with Gasteiger partial charge in [0.15, 0.2) is 0 Å². The molecular formula is C34H66N6O4. The molecule has 1 rings (SSSR count). The molecule has 4 N–H and O–H groups in total. The molecule has 0 bridgehead atoms. The number of piperazine rings is 1. The Hall–Kier alpha value is -2.17. The lowest BCUT2D eigenvalue weighted by atomic mass is 10.1. The van der Waals surface area contributed by atoms with Crippen LogP contribution in [0.15, 0.2) is 12.2 Å². The topological polar surface area (TPSA) is 115 Å². The van der Waals surface area contributed by atoms with Crippen LogP contribution < -0.4 is 21.3 Å². The van der Waals surface area contributed by atoms with Gasteiger partial charge < -0.3 is 26.0 Å². The minimum absolute atomic E-state index is 0.124. The molecule has 0 spiro atoms. The van der Waals surface area contributed by atoms with E-state index in [1.165, 1.54) is 57.8 Å². The first-order valence-corrected chi connectivity index (χ1v) is 17.4. The first-order valence-electron chi connectivity index (χ1n) is 17.4. The zero-order valence-electron chi connectivity index (χ0n) is 28.8. The summed E-state index contributed by atoms with van der Waals surface area (Å²) in [6.07, 6.45) is 20.5. The van der Waals surface area contributed by atoms with Gasteiger partial charge in [-0.2, -0.15) is 0 Å². The Morgan fingerprint density at radius 1 is 0.773 bits per heavy atom. The number of amides is 3. The van der Waals surface area contributed by atoms with Crippen LogP contribution in [-0.2, 0) is 14.3 Å². The minimum atomic E-state index is -0.717. The predicted octanol–water partition coefficient (Wildman–Crippen LogP) is 5.29. The van der Waals surface area contributed by atoms with Crippen molar-refractivity contribution in [1.82, 2.24) is 31.1 Å². The fourth-order valence-electron chi connectivity index (χ4n) is 5.17. The van der Waals surface area contributed by atoms with E-state index in [0.29, 0.717) is 19.5 Å². The maximum atomic E-state index is 13.1. The van der Waals surface area contributed by atoms with Crippen molar-refractivity contribution >= 4 is 17.9 Å². The summed E-state index contributed by atoms with van der Waals surface area (Å²) in [6, 6.07) is -0.717. The highest BCUT2D eigenvalue weighted by Gasteiger charge is 2.23. The summed E-state index contributed by atoms with van der Waals surface area (Å²) < 4.78 is 5.29. The lowest BCUT2D eigenvalue weighted by Gasteiger charge is -2.34. The second-order valence-corrected chi connectivity index (χ2v) is 13.1. The van der Waals surface area contributed by atoms with Crippen LogP contribution in [0, 0.1) is 0 Å². The molecule has 0 saturated carbocycles. The maximum absolute atomic E-state index is 13.1. The summed E-state index contributed by atoms with van der Waals surface area (Å²) in [7, 11) is 1.94. The molecule has 0 aromatic carbocycles. The lowest BCUT2D eigenvalue weighted by molar-refractivity contribution is -0.129. The van der Waals surface area contributed by atoms with E-state index in [-0.39, 0.29) is 18.4 Å². The molecule has 0 aromatic heterocycles. The number of allylic oxidation sites excluding steroid dienone is 2. The molecule has 1 atom stereocenters. The van der Waals surface area contributed by atoms with Crippen LogP contribution in [-0.4, -0.2) is 92.5 Å². The Bertz CT molecular complexity index is 793.